The Morgan fingerprint density at radius 2 is 1.89 bits per heavy atom. The number of amides is 2. The summed E-state index contributed by atoms with van der Waals surface area (Å²) < 4.78 is 4.73. The van der Waals surface area contributed by atoms with Crippen LogP contribution in [0.2, 0.25) is 0 Å². The monoisotopic (exact) mass is 260 g/mol. The van der Waals surface area contributed by atoms with E-state index in [1.54, 1.807) is 0 Å². The lowest BCUT2D eigenvalue weighted by molar-refractivity contribution is -0.140. The number of carbonyl (C=O) groups is 2. The topological polar surface area (TPSA) is 87.7 Å². The van der Waals surface area contributed by atoms with Gasteiger partial charge in [0.25, 0.3) is 0 Å². The van der Waals surface area contributed by atoms with Crippen molar-refractivity contribution in [3.63, 3.8) is 0 Å². The zero-order valence-electron chi connectivity index (χ0n) is 11.7. The van der Waals surface area contributed by atoms with Gasteiger partial charge >= 0.3 is 12.0 Å². The van der Waals surface area contributed by atoms with E-state index < -0.39 is 18.0 Å². The first-order chi connectivity index (χ1) is 8.20. The number of carboxylic acids is 1. The van der Waals surface area contributed by atoms with E-state index in [4.69, 9.17) is 9.84 Å². The van der Waals surface area contributed by atoms with Crippen molar-refractivity contribution in [3.05, 3.63) is 0 Å². The second-order valence-electron chi connectivity index (χ2n) is 5.32. The third kappa shape index (κ3) is 5.86. The molecule has 0 aromatic heterocycles. The Balaban J connectivity index is 4.22. The van der Waals surface area contributed by atoms with Crippen molar-refractivity contribution in [1.29, 1.82) is 0 Å². The molecule has 0 saturated heterocycles. The van der Waals surface area contributed by atoms with Gasteiger partial charge < -0.3 is 20.5 Å². The standard InChI is InChI=1S/C12H24N2O4/c1-8(2)12(3,4)7-13-11(17)14-9(6-18-5)10(15)16/h8-9H,6-7H2,1-5H3,(H,15,16)(H2,13,14,17). The summed E-state index contributed by atoms with van der Waals surface area (Å²) in [5, 5.41) is 13.9. The Kier molecular flexibility index (Phi) is 6.68. The molecule has 106 valence electrons. The molecule has 3 N–H and O–H groups in total. The van der Waals surface area contributed by atoms with Gasteiger partial charge in [-0.1, -0.05) is 27.7 Å². The van der Waals surface area contributed by atoms with E-state index in [1.165, 1.54) is 7.11 Å². The summed E-state index contributed by atoms with van der Waals surface area (Å²) in [5.41, 5.74) is -0.0443. The fraction of sp³-hybridized carbons (Fsp3) is 0.833. The summed E-state index contributed by atoms with van der Waals surface area (Å²) in [4.78, 5) is 22.4. The third-order valence-corrected chi connectivity index (χ3v) is 3.20. The first-order valence-electron chi connectivity index (χ1n) is 5.96. The lowest BCUT2D eigenvalue weighted by Gasteiger charge is -2.29. The SMILES string of the molecule is COCC(NC(=O)NCC(C)(C)C(C)C)C(=O)O. The van der Waals surface area contributed by atoms with Gasteiger partial charge in [0.15, 0.2) is 6.04 Å². The van der Waals surface area contributed by atoms with E-state index in [2.05, 4.69) is 24.5 Å². The molecule has 0 rings (SSSR count). The fourth-order valence-corrected chi connectivity index (χ4v) is 1.06. The van der Waals surface area contributed by atoms with Gasteiger partial charge in [0.1, 0.15) is 0 Å². The second kappa shape index (κ2) is 7.20. The van der Waals surface area contributed by atoms with E-state index in [-0.39, 0.29) is 12.0 Å². The number of carbonyl (C=O) groups excluding carboxylic acids is 1. The van der Waals surface area contributed by atoms with E-state index in [0.29, 0.717) is 12.5 Å². The lowest BCUT2D eigenvalue weighted by atomic mass is 9.81. The average Bonchev–Trinajstić information content (AvgIpc) is 2.25. The molecule has 0 fully saturated rings. The van der Waals surface area contributed by atoms with Gasteiger partial charge in [-0.15, -0.1) is 0 Å². The van der Waals surface area contributed by atoms with Crippen LogP contribution >= 0.6 is 0 Å². The average molecular weight is 260 g/mol. The zero-order chi connectivity index (χ0) is 14.3. The zero-order valence-corrected chi connectivity index (χ0v) is 11.7. The maximum absolute atomic E-state index is 11.6. The van der Waals surface area contributed by atoms with Gasteiger partial charge in [0.2, 0.25) is 0 Å². The molecule has 0 saturated carbocycles. The maximum Gasteiger partial charge on any atom is 0.328 e. The van der Waals surface area contributed by atoms with Crippen LogP contribution in [0.15, 0.2) is 0 Å². The molecule has 2 amide bonds. The summed E-state index contributed by atoms with van der Waals surface area (Å²) in [6.45, 7) is 8.66. The highest BCUT2D eigenvalue weighted by Crippen LogP contribution is 2.24. The summed E-state index contributed by atoms with van der Waals surface area (Å²) in [5.74, 6) is -0.706. The van der Waals surface area contributed by atoms with Crippen molar-refractivity contribution in [1.82, 2.24) is 10.6 Å². The Hall–Kier alpha value is -1.30. The van der Waals surface area contributed by atoms with Crippen molar-refractivity contribution in [2.45, 2.75) is 33.7 Å². The van der Waals surface area contributed by atoms with Crippen molar-refractivity contribution in [3.8, 4) is 0 Å². The van der Waals surface area contributed by atoms with Crippen LogP contribution in [0.4, 0.5) is 4.79 Å². The quantitative estimate of drug-likeness (QED) is 0.639. The molecular formula is C12H24N2O4. The first-order valence-corrected chi connectivity index (χ1v) is 5.96. The summed E-state index contributed by atoms with van der Waals surface area (Å²) in [6, 6.07) is -1.52. The molecule has 0 aromatic rings. The molecule has 0 aliphatic rings. The van der Waals surface area contributed by atoms with Crippen LogP contribution in [0, 0.1) is 11.3 Å². The van der Waals surface area contributed by atoms with Gasteiger partial charge in [0.05, 0.1) is 6.61 Å². The molecule has 0 radical (unpaired) electrons. The Labute approximate surface area is 108 Å². The highest BCUT2D eigenvalue weighted by Gasteiger charge is 2.24. The van der Waals surface area contributed by atoms with Crippen molar-refractivity contribution in [2.24, 2.45) is 11.3 Å². The van der Waals surface area contributed by atoms with Crippen molar-refractivity contribution >= 4 is 12.0 Å². The van der Waals surface area contributed by atoms with Crippen LogP contribution < -0.4 is 10.6 Å². The van der Waals surface area contributed by atoms with Crippen LogP contribution in [0.3, 0.4) is 0 Å². The van der Waals surface area contributed by atoms with Gasteiger partial charge in [-0.2, -0.15) is 0 Å². The number of ether oxygens (including phenoxy) is 1. The van der Waals surface area contributed by atoms with Crippen LogP contribution in [0.5, 0.6) is 0 Å². The van der Waals surface area contributed by atoms with E-state index >= 15 is 0 Å². The van der Waals surface area contributed by atoms with Crippen LogP contribution in [-0.4, -0.2) is 43.4 Å². The molecule has 6 heteroatoms. The first kappa shape index (κ1) is 16.7. The highest BCUT2D eigenvalue weighted by atomic mass is 16.5. The predicted molar refractivity (Wildman–Crippen MR) is 68.5 cm³/mol. The summed E-state index contributed by atoms with van der Waals surface area (Å²) >= 11 is 0. The fourth-order valence-electron chi connectivity index (χ4n) is 1.06. The maximum atomic E-state index is 11.6. The highest BCUT2D eigenvalue weighted by molar-refractivity contribution is 5.82. The number of aliphatic carboxylic acids is 1. The number of rotatable bonds is 7. The molecule has 0 heterocycles. The number of urea groups is 1. The molecule has 0 aliphatic carbocycles. The Bertz CT molecular complexity index is 290. The summed E-state index contributed by atoms with van der Waals surface area (Å²) in [6.07, 6.45) is 0. The second-order valence-corrected chi connectivity index (χ2v) is 5.32. The number of hydrogen-bond acceptors (Lipinski definition) is 3. The van der Waals surface area contributed by atoms with Crippen LogP contribution in [0.1, 0.15) is 27.7 Å². The molecule has 0 bridgehead atoms. The summed E-state index contributed by atoms with van der Waals surface area (Å²) in [7, 11) is 1.39. The van der Waals surface area contributed by atoms with E-state index in [9.17, 15) is 9.59 Å². The number of methoxy groups -OCH3 is 1. The predicted octanol–water partition coefficient (Wildman–Crippen LogP) is 1.07. The van der Waals surface area contributed by atoms with Crippen LogP contribution in [-0.2, 0) is 9.53 Å². The van der Waals surface area contributed by atoms with E-state index in [1.807, 2.05) is 13.8 Å². The van der Waals surface area contributed by atoms with E-state index in [0.717, 1.165) is 0 Å². The van der Waals surface area contributed by atoms with Gasteiger partial charge in [-0.05, 0) is 11.3 Å². The van der Waals surface area contributed by atoms with Crippen molar-refractivity contribution < 1.29 is 19.4 Å². The van der Waals surface area contributed by atoms with Crippen LogP contribution in [0.25, 0.3) is 0 Å². The Morgan fingerprint density at radius 3 is 2.28 bits per heavy atom. The molecule has 1 atom stereocenters. The smallest absolute Gasteiger partial charge is 0.328 e. The number of hydrogen-bond donors (Lipinski definition) is 3. The molecule has 1 unspecified atom stereocenters. The third-order valence-electron chi connectivity index (χ3n) is 3.20. The largest absolute Gasteiger partial charge is 0.480 e. The van der Waals surface area contributed by atoms with Gasteiger partial charge in [0, 0.05) is 13.7 Å². The molecule has 0 aromatic carbocycles. The molecule has 0 aliphatic heterocycles. The molecule has 18 heavy (non-hydrogen) atoms. The molecule has 6 nitrogen and oxygen atoms in total. The molecule has 0 spiro atoms. The van der Waals surface area contributed by atoms with Gasteiger partial charge in [-0.25, -0.2) is 9.59 Å². The minimum atomic E-state index is -1.12. The van der Waals surface area contributed by atoms with Gasteiger partial charge in [-0.3, -0.25) is 0 Å². The lowest BCUT2D eigenvalue weighted by Crippen LogP contribution is -2.50. The minimum absolute atomic E-state index is 0.0443. The molecular weight excluding hydrogens is 236 g/mol. The minimum Gasteiger partial charge on any atom is -0.480 e. The number of nitrogens with one attached hydrogen (secondary N) is 2. The normalized spacial score (nSPS) is 13.2. The Morgan fingerprint density at radius 1 is 1.33 bits per heavy atom. The number of carboxylic acid groups (broad SMARTS) is 1. The van der Waals surface area contributed by atoms with Crippen molar-refractivity contribution in [2.75, 3.05) is 20.3 Å².